The van der Waals surface area contributed by atoms with Gasteiger partial charge in [0.25, 0.3) is 0 Å². The number of methoxy groups -OCH3 is 3. The minimum Gasteiger partial charge on any atom is -0.493 e. The van der Waals surface area contributed by atoms with Gasteiger partial charge in [0.05, 0.1) is 20.3 Å². The van der Waals surface area contributed by atoms with E-state index < -0.39 is 0 Å². The first-order valence-corrected chi connectivity index (χ1v) is 14.4. The summed E-state index contributed by atoms with van der Waals surface area (Å²) in [5.41, 5.74) is 4.24. The van der Waals surface area contributed by atoms with E-state index in [4.69, 9.17) is 29.3 Å². The summed E-state index contributed by atoms with van der Waals surface area (Å²) in [5.74, 6) is 3.81. The molecule has 0 aliphatic heterocycles. The Balaban J connectivity index is 1.60. The maximum Gasteiger partial charge on any atom is 0.243 e. The van der Waals surface area contributed by atoms with Crippen molar-refractivity contribution in [2.75, 3.05) is 33.2 Å². The zero-order valence-electron chi connectivity index (χ0n) is 25.9. The second-order valence-electron chi connectivity index (χ2n) is 10.1. The van der Waals surface area contributed by atoms with Crippen molar-refractivity contribution >= 4 is 5.95 Å². The third-order valence-electron chi connectivity index (χ3n) is 6.84. The molecule has 0 radical (unpaired) electrons. The third-order valence-corrected chi connectivity index (χ3v) is 6.84. The van der Waals surface area contributed by atoms with Crippen LogP contribution in [-0.4, -0.2) is 63.7 Å². The Morgan fingerprint density at radius 2 is 1.81 bits per heavy atom. The molecule has 0 amide bonds. The molecule has 0 saturated carbocycles. The lowest BCUT2D eigenvalue weighted by Crippen LogP contribution is -2.12. The van der Waals surface area contributed by atoms with Crippen molar-refractivity contribution in [3.05, 3.63) is 113 Å². The lowest BCUT2D eigenvalue weighted by molar-refractivity contribution is 0.142. The van der Waals surface area contributed by atoms with Crippen LogP contribution in [0.15, 0.2) is 84.0 Å². The molecule has 3 aromatic rings. The van der Waals surface area contributed by atoms with Crippen LogP contribution >= 0.6 is 0 Å². The van der Waals surface area contributed by atoms with E-state index in [2.05, 4.69) is 45.6 Å². The van der Waals surface area contributed by atoms with Gasteiger partial charge in [-0.3, -0.25) is 4.98 Å². The Hall–Kier alpha value is -4.57. The summed E-state index contributed by atoms with van der Waals surface area (Å²) in [7, 11) is 4.96. The molecule has 1 atom stereocenters. The molecule has 3 heterocycles. The molecule has 1 N–H and O–H groups in total. The summed E-state index contributed by atoms with van der Waals surface area (Å²) in [6.07, 6.45) is 18.8. The maximum atomic E-state index is 5.55. The fourth-order valence-electron chi connectivity index (χ4n) is 4.54. The summed E-state index contributed by atoms with van der Waals surface area (Å²) >= 11 is 0. The third kappa shape index (κ3) is 8.96. The van der Waals surface area contributed by atoms with Crippen LogP contribution in [0, 0.1) is 13.8 Å². The molecular formula is C33H41N7O3. The average Bonchev–Trinajstić information content (AvgIpc) is 3.44. The second kappa shape index (κ2) is 15.6. The van der Waals surface area contributed by atoms with Crippen molar-refractivity contribution in [2.45, 2.75) is 52.6 Å². The van der Waals surface area contributed by atoms with Gasteiger partial charge in [0.15, 0.2) is 17.3 Å². The van der Waals surface area contributed by atoms with E-state index >= 15 is 0 Å². The number of pyridine rings is 1. The number of nitrogens with one attached hydrogen (secondary N) is 1. The van der Waals surface area contributed by atoms with Gasteiger partial charge in [-0.15, -0.1) is 5.10 Å². The molecule has 0 bridgehead atoms. The number of rotatable bonds is 14. The molecule has 0 aromatic carbocycles. The van der Waals surface area contributed by atoms with Crippen LogP contribution < -0.4 is 5.32 Å². The molecule has 10 nitrogen and oxygen atoms in total. The van der Waals surface area contributed by atoms with E-state index in [1.165, 1.54) is 0 Å². The normalized spacial score (nSPS) is 15.6. The van der Waals surface area contributed by atoms with Crippen LogP contribution in [0.3, 0.4) is 0 Å². The van der Waals surface area contributed by atoms with Gasteiger partial charge >= 0.3 is 0 Å². The first-order chi connectivity index (χ1) is 20.9. The van der Waals surface area contributed by atoms with Crippen molar-refractivity contribution in [3.8, 4) is 5.82 Å². The predicted octanol–water partition coefficient (Wildman–Crippen LogP) is 5.35. The van der Waals surface area contributed by atoms with Gasteiger partial charge in [0.1, 0.15) is 11.6 Å². The highest BCUT2D eigenvalue weighted by atomic mass is 16.5. The summed E-state index contributed by atoms with van der Waals surface area (Å²) in [6, 6.07) is 6.11. The number of nitrogens with zero attached hydrogens (tertiary/aromatic N) is 6. The highest BCUT2D eigenvalue weighted by Gasteiger charge is 2.15. The van der Waals surface area contributed by atoms with E-state index in [0.717, 1.165) is 47.6 Å². The number of hydrogen-bond donors (Lipinski definition) is 1. The molecule has 4 rings (SSSR count). The Morgan fingerprint density at radius 3 is 2.49 bits per heavy atom. The van der Waals surface area contributed by atoms with Gasteiger partial charge in [-0.25, -0.2) is 9.97 Å². The summed E-state index contributed by atoms with van der Waals surface area (Å²) in [6.45, 7) is 6.46. The number of hydrogen-bond acceptors (Lipinski definition) is 9. The Kier molecular flexibility index (Phi) is 11.4. The summed E-state index contributed by atoms with van der Waals surface area (Å²) < 4.78 is 18.2. The molecule has 43 heavy (non-hydrogen) atoms. The zero-order chi connectivity index (χ0) is 30.6. The van der Waals surface area contributed by atoms with Gasteiger partial charge in [0, 0.05) is 43.7 Å². The Morgan fingerprint density at radius 1 is 1.02 bits per heavy atom. The lowest BCUT2D eigenvalue weighted by atomic mass is 10.1. The van der Waals surface area contributed by atoms with Crippen molar-refractivity contribution < 1.29 is 14.2 Å². The molecule has 0 saturated heterocycles. The smallest absolute Gasteiger partial charge is 0.243 e. The molecular weight excluding hydrogens is 542 g/mol. The molecule has 3 aromatic heterocycles. The maximum absolute atomic E-state index is 5.55. The number of allylic oxidation sites excluding steroid dienone is 4. The largest absolute Gasteiger partial charge is 0.493 e. The second-order valence-corrected chi connectivity index (χ2v) is 10.1. The molecule has 226 valence electrons. The summed E-state index contributed by atoms with van der Waals surface area (Å²) in [4.78, 5) is 18.8. The van der Waals surface area contributed by atoms with Crippen molar-refractivity contribution in [2.24, 2.45) is 0 Å². The van der Waals surface area contributed by atoms with Crippen LogP contribution in [0.1, 0.15) is 41.9 Å². The minimum atomic E-state index is 0.119. The van der Waals surface area contributed by atoms with Gasteiger partial charge in [-0.05, 0) is 69.4 Å². The Labute approximate surface area is 253 Å². The monoisotopic (exact) mass is 583 g/mol. The van der Waals surface area contributed by atoms with Crippen molar-refractivity contribution in [3.63, 3.8) is 0 Å². The van der Waals surface area contributed by atoms with Crippen LogP contribution in [0.5, 0.6) is 0 Å². The highest BCUT2D eigenvalue weighted by Crippen LogP contribution is 2.18. The molecule has 1 unspecified atom stereocenters. The van der Waals surface area contributed by atoms with Crippen LogP contribution in [-0.2, 0) is 33.5 Å². The van der Waals surface area contributed by atoms with E-state index in [9.17, 15) is 0 Å². The van der Waals surface area contributed by atoms with Gasteiger partial charge in [-0.2, -0.15) is 9.67 Å². The SMILES string of the molecule is C\C=C/C(OC)=C(\C=C\Cc1nc(NCC2=CCC(OC)C=C2)nn1-c1cc(CCc2ccc(C)cn2)nc(C)n1)OC. The number of aryl methyl sites for hydroxylation is 4. The summed E-state index contributed by atoms with van der Waals surface area (Å²) in [5, 5.41) is 8.18. The average molecular weight is 584 g/mol. The van der Waals surface area contributed by atoms with Crippen LogP contribution in [0.25, 0.3) is 5.82 Å². The zero-order valence-corrected chi connectivity index (χ0v) is 25.9. The van der Waals surface area contributed by atoms with Crippen molar-refractivity contribution in [1.82, 2.24) is 29.7 Å². The van der Waals surface area contributed by atoms with Gasteiger partial charge in [-0.1, -0.05) is 36.4 Å². The number of ether oxygens (including phenoxy) is 3. The number of anilines is 1. The molecule has 1 aliphatic rings. The number of aromatic nitrogens is 6. The molecule has 1 aliphatic carbocycles. The predicted molar refractivity (Wildman–Crippen MR) is 168 cm³/mol. The van der Waals surface area contributed by atoms with E-state index in [1.54, 1.807) is 26.0 Å². The van der Waals surface area contributed by atoms with Crippen LogP contribution in [0.2, 0.25) is 0 Å². The fraction of sp³-hybridized carbons (Fsp3) is 0.364. The van der Waals surface area contributed by atoms with E-state index in [1.807, 2.05) is 57.3 Å². The fourth-order valence-corrected chi connectivity index (χ4v) is 4.54. The van der Waals surface area contributed by atoms with Crippen LogP contribution in [0.4, 0.5) is 5.95 Å². The quantitative estimate of drug-likeness (QED) is 0.198. The molecule has 0 spiro atoms. The molecule has 10 heteroatoms. The van der Waals surface area contributed by atoms with Crippen molar-refractivity contribution in [1.29, 1.82) is 0 Å². The first-order valence-electron chi connectivity index (χ1n) is 14.4. The highest BCUT2D eigenvalue weighted by molar-refractivity contribution is 5.36. The first kappa shape index (κ1) is 31.4. The molecule has 0 fully saturated rings. The standard InChI is InChI=1S/C33H41N7O3/c1-7-9-29(42-5)30(43-6)10-8-11-31-38-33(35-22-25-13-18-28(41-4)19-14-25)39-40(31)32-20-27(36-24(3)37-32)17-16-26-15-12-23(2)21-34-26/h7-10,12-15,18,20-21,28H,11,16-17,19,22H2,1-6H3,(H,35,39)/b9-7-,10-8+,30-29-. The van der Waals surface area contributed by atoms with Gasteiger partial charge in [0.2, 0.25) is 5.95 Å². The lowest BCUT2D eigenvalue weighted by Gasteiger charge is -2.14. The van der Waals surface area contributed by atoms with E-state index in [0.29, 0.717) is 42.1 Å². The minimum absolute atomic E-state index is 0.119. The Bertz CT molecular complexity index is 1520. The van der Waals surface area contributed by atoms with Gasteiger partial charge < -0.3 is 19.5 Å². The topological polar surface area (TPSA) is 109 Å². The van der Waals surface area contributed by atoms with E-state index in [-0.39, 0.29) is 6.10 Å².